The minimum absolute atomic E-state index is 0.129. The van der Waals surface area contributed by atoms with Gasteiger partial charge >= 0.3 is 5.97 Å². The van der Waals surface area contributed by atoms with Gasteiger partial charge in [-0.2, -0.15) is 0 Å². The summed E-state index contributed by atoms with van der Waals surface area (Å²) in [6, 6.07) is 5.39. The molecule has 0 aromatic heterocycles. The van der Waals surface area contributed by atoms with Gasteiger partial charge in [-0.1, -0.05) is 18.2 Å². The number of sulfonamides is 1. The molecule has 8 nitrogen and oxygen atoms in total. The number of aliphatic carboxylic acids is 1. The summed E-state index contributed by atoms with van der Waals surface area (Å²) in [4.78, 5) is 21.2. The van der Waals surface area contributed by atoms with Gasteiger partial charge in [0.2, 0.25) is 10.0 Å². The molecule has 1 aliphatic carbocycles. The second-order valence-corrected chi connectivity index (χ2v) is 7.40. The molecule has 1 aromatic carbocycles. The predicted molar refractivity (Wildman–Crippen MR) is 82.2 cm³/mol. The molecule has 0 unspecified atom stereocenters. The van der Waals surface area contributed by atoms with Crippen molar-refractivity contribution in [3.05, 3.63) is 39.9 Å². The molecule has 0 amide bonds. The van der Waals surface area contributed by atoms with Crippen LogP contribution in [0.3, 0.4) is 0 Å². The predicted octanol–water partition coefficient (Wildman–Crippen LogP) is 1.66. The molecule has 9 heteroatoms. The van der Waals surface area contributed by atoms with E-state index >= 15 is 0 Å². The van der Waals surface area contributed by atoms with Crippen molar-refractivity contribution in [1.82, 2.24) is 4.72 Å². The van der Waals surface area contributed by atoms with E-state index in [1.807, 2.05) is 0 Å². The normalized spacial score (nSPS) is 21.7. The lowest BCUT2D eigenvalue weighted by Gasteiger charge is -2.26. The van der Waals surface area contributed by atoms with Crippen LogP contribution in [0.25, 0.3) is 0 Å². The highest BCUT2D eigenvalue weighted by molar-refractivity contribution is 7.88. The lowest BCUT2D eigenvalue weighted by molar-refractivity contribution is -0.385. The Hall–Kier alpha value is -2.00. The smallest absolute Gasteiger partial charge is 0.306 e. The highest BCUT2D eigenvalue weighted by Crippen LogP contribution is 2.26. The molecule has 126 valence electrons. The average molecular weight is 342 g/mol. The van der Waals surface area contributed by atoms with E-state index in [0.29, 0.717) is 25.7 Å². The van der Waals surface area contributed by atoms with Gasteiger partial charge in [0.25, 0.3) is 5.69 Å². The number of carboxylic acid groups (broad SMARTS) is 1. The molecule has 1 aromatic rings. The van der Waals surface area contributed by atoms with E-state index in [9.17, 15) is 23.3 Å². The molecule has 0 bridgehead atoms. The molecule has 0 aliphatic heterocycles. The molecule has 0 spiro atoms. The van der Waals surface area contributed by atoms with Crippen LogP contribution in [-0.2, 0) is 20.6 Å². The molecule has 1 aliphatic rings. The number of hydrogen-bond acceptors (Lipinski definition) is 5. The Labute approximate surface area is 133 Å². The van der Waals surface area contributed by atoms with Crippen LogP contribution in [0.4, 0.5) is 5.69 Å². The van der Waals surface area contributed by atoms with E-state index in [1.54, 1.807) is 6.07 Å². The fourth-order valence-electron chi connectivity index (χ4n) is 2.77. The van der Waals surface area contributed by atoms with Crippen molar-refractivity contribution in [2.45, 2.75) is 37.5 Å². The Morgan fingerprint density at radius 2 is 1.87 bits per heavy atom. The number of nitro benzene ring substituents is 1. The minimum atomic E-state index is -3.73. The Kier molecular flexibility index (Phi) is 5.32. The topological polar surface area (TPSA) is 127 Å². The first-order valence-electron chi connectivity index (χ1n) is 7.23. The van der Waals surface area contributed by atoms with Crippen LogP contribution >= 0.6 is 0 Å². The number of hydrogen-bond donors (Lipinski definition) is 2. The van der Waals surface area contributed by atoms with Crippen LogP contribution in [0, 0.1) is 16.0 Å². The van der Waals surface area contributed by atoms with Crippen molar-refractivity contribution in [3.8, 4) is 0 Å². The third-order valence-corrected chi connectivity index (χ3v) is 5.34. The molecular formula is C14H18N2O6S. The van der Waals surface area contributed by atoms with Gasteiger partial charge in [-0.15, -0.1) is 0 Å². The monoisotopic (exact) mass is 342 g/mol. The summed E-state index contributed by atoms with van der Waals surface area (Å²) >= 11 is 0. The zero-order valence-electron chi connectivity index (χ0n) is 12.3. The van der Waals surface area contributed by atoms with E-state index in [1.165, 1.54) is 18.2 Å². The van der Waals surface area contributed by atoms with E-state index in [-0.39, 0.29) is 17.3 Å². The number of carbonyl (C=O) groups is 1. The molecule has 0 heterocycles. The minimum Gasteiger partial charge on any atom is -0.481 e. The number of benzene rings is 1. The van der Waals surface area contributed by atoms with Gasteiger partial charge in [0.05, 0.1) is 16.6 Å². The zero-order chi connectivity index (χ0) is 17.0. The summed E-state index contributed by atoms with van der Waals surface area (Å²) in [6.45, 7) is 0. The molecule has 0 radical (unpaired) electrons. The number of carboxylic acids is 1. The summed E-state index contributed by atoms with van der Waals surface area (Å²) in [6.07, 6.45) is 1.75. The van der Waals surface area contributed by atoms with Crippen molar-refractivity contribution in [3.63, 3.8) is 0 Å². The lowest BCUT2D eigenvalue weighted by Crippen LogP contribution is -2.39. The van der Waals surface area contributed by atoms with Crippen molar-refractivity contribution >= 4 is 21.7 Å². The number of nitro groups is 1. The average Bonchev–Trinajstić information content (AvgIpc) is 2.47. The Morgan fingerprint density at radius 3 is 2.43 bits per heavy atom. The maximum atomic E-state index is 12.2. The van der Waals surface area contributed by atoms with Gasteiger partial charge < -0.3 is 5.11 Å². The molecule has 2 rings (SSSR count). The zero-order valence-corrected chi connectivity index (χ0v) is 13.2. The van der Waals surface area contributed by atoms with Gasteiger partial charge in [0.1, 0.15) is 0 Å². The van der Waals surface area contributed by atoms with E-state index in [0.717, 1.165) is 0 Å². The molecule has 1 fully saturated rings. The summed E-state index contributed by atoms with van der Waals surface area (Å²) in [5.41, 5.74) is -0.100. The first-order chi connectivity index (χ1) is 10.8. The molecule has 0 saturated heterocycles. The number of rotatable bonds is 6. The first-order valence-corrected chi connectivity index (χ1v) is 8.89. The van der Waals surface area contributed by atoms with Crippen molar-refractivity contribution in [2.75, 3.05) is 0 Å². The summed E-state index contributed by atoms with van der Waals surface area (Å²) in [7, 11) is -3.73. The number of nitrogens with zero attached hydrogens (tertiary/aromatic N) is 1. The van der Waals surface area contributed by atoms with Crippen LogP contribution in [0.1, 0.15) is 31.2 Å². The van der Waals surface area contributed by atoms with E-state index < -0.39 is 32.6 Å². The second kappa shape index (κ2) is 7.05. The number of para-hydroxylation sites is 1. The largest absolute Gasteiger partial charge is 0.481 e. The Morgan fingerprint density at radius 1 is 1.26 bits per heavy atom. The standard InChI is InChI=1S/C14H18N2O6S/c17-14(18)10-5-7-12(8-6-10)15-23(21,22)9-11-3-1-2-4-13(11)16(19)20/h1-4,10,12,15H,5-9H2,(H,17,18). The summed E-state index contributed by atoms with van der Waals surface area (Å²) in [5.74, 6) is -1.75. The van der Waals surface area contributed by atoms with Crippen LogP contribution in [-0.4, -0.2) is 30.5 Å². The quantitative estimate of drug-likeness (QED) is 0.598. The van der Waals surface area contributed by atoms with Crippen LogP contribution in [0.15, 0.2) is 24.3 Å². The van der Waals surface area contributed by atoms with Crippen LogP contribution in [0.2, 0.25) is 0 Å². The molecule has 0 atom stereocenters. The van der Waals surface area contributed by atoms with Gasteiger partial charge in [-0.25, -0.2) is 13.1 Å². The molecule has 23 heavy (non-hydrogen) atoms. The fourth-order valence-corrected chi connectivity index (χ4v) is 4.25. The highest BCUT2D eigenvalue weighted by atomic mass is 32.2. The lowest BCUT2D eigenvalue weighted by atomic mass is 9.87. The van der Waals surface area contributed by atoms with Crippen molar-refractivity contribution in [2.24, 2.45) is 5.92 Å². The molecule has 1 saturated carbocycles. The van der Waals surface area contributed by atoms with E-state index in [2.05, 4.69) is 4.72 Å². The van der Waals surface area contributed by atoms with Crippen LogP contribution in [0.5, 0.6) is 0 Å². The summed E-state index contributed by atoms with van der Waals surface area (Å²) in [5, 5.41) is 19.9. The second-order valence-electron chi connectivity index (χ2n) is 5.65. The first kappa shape index (κ1) is 17.4. The fraction of sp³-hybridized carbons (Fsp3) is 0.500. The van der Waals surface area contributed by atoms with Crippen molar-refractivity contribution < 1.29 is 23.2 Å². The van der Waals surface area contributed by atoms with Gasteiger partial charge in [0, 0.05) is 17.7 Å². The molecular weight excluding hydrogens is 324 g/mol. The molecule has 2 N–H and O–H groups in total. The van der Waals surface area contributed by atoms with Gasteiger partial charge in [-0.05, 0) is 25.7 Å². The Bertz CT molecular complexity index is 695. The Balaban J connectivity index is 2.01. The van der Waals surface area contributed by atoms with Gasteiger partial charge in [0.15, 0.2) is 0 Å². The van der Waals surface area contributed by atoms with Crippen LogP contribution < -0.4 is 4.72 Å². The van der Waals surface area contributed by atoms with Gasteiger partial charge in [-0.3, -0.25) is 14.9 Å². The maximum absolute atomic E-state index is 12.2. The van der Waals surface area contributed by atoms with E-state index in [4.69, 9.17) is 5.11 Å². The van der Waals surface area contributed by atoms with Crippen molar-refractivity contribution in [1.29, 1.82) is 0 Å². The third kappa shape index (κ3) is 4.73. The third-order valence-electron chi connectivity index (χ3n) is 3.96. The maximum Gasteiger partial charge on any atom is 0.306 e. The summed E-state index contributed by atoms with van der Waals surface area (Å²) < 4.78 is 26.9. The number of nitrogens with one attached hydrogen (secondary N) is 1. The highest BCUT2D eigenvalue weighted by Gasteiger charge is 2.29. The SMILES string of the molecule is O=C(O)C1CCC(NS(=O)(=O)Cc2ccccc2[N+](=O)[O-])CC1.